The SMILES string of the molecule is OC(CCN1CCc2ccccc21)c1cc(F)cc(F)c1. The zero-order chi connectivity index (χ0) is 14.8. The zero-order valence-corrected chi connectivity index (χ0v) is 11.6. The third-order valence-electron chi connectivity index (χ3n) is 3.93. The highest BCUT2D eigenvalue weighted by Gasteiger charge is 2.19. The van der Waals surface area contributed by atoms with Gasteiger partial charge in [-0.25, -0.2) is 8.78 Å². The van der Waals surface area contributed by atoms with E-state index in [0.29, 0.717) is 18.5 Å². The number of aliphatic hydroxyl groups is 1. The van der Waals surface area contributed by atoms with E-state index >= 15 is 0 Å². The molecule has 0 aromatic heterocycles. The van der Waals surface area contributed by atoms with Gasteiger partial charge in [-0.3, -0.25) is 0 Å². The fraction of sp³-hybridized carbons (Fsp3) is 0.294. The Morgan fingerprint density at radius 1 is 1.10 bits per heavy atom. The molecule has 0 fully saturated rings. The average molecular weight is 289 g/mol. The van der Waals surface area contributed by atoms with Crippen LogP contribution in [0, 0.1) is 11.6 Å². The van der Waals surface area contributed by atoms with Gasteiger partial charge in [0.1, 0.15) is 11.6 Å². The van der Waals surface area contributed by atoms with E-state index in [-0.39, 0.29) is 0 Å². The van der Waals surface area contributed by atoms with Crippen LogP contribution in [0.25, 0.3) is 0 Å². The number of fused-ring (bicyclic) bond motifs is 1. The second kappa shape index (κ2) is 5.82. The number of rotatable bonds is 4. The molecule has 0 bridgehead atoms. The third-order valence-corrected chi connectivity index (χ3v) is 3.93. The van der Waals surface area contributed by atoms with Crippen molar-refractivity contribution in [2.45, 2.75) is 18.9 Å². The van der Waals surface area contributed by atoms with Crippen LogP contribution >= 0.6 is 0 Å². The van der Waals surface area contributed by atoms with Crippen molar-refractivity contribution in [3.05, 3.63) is 65.2 Å². The largest absolute Gasteiger partial charge is 0.388 e. The lowest BCUT2D eigenvalue weighted by Crippen LogP contribution is -2.23. The number of anilines is 1. The summed E-state index contributed by atoms with van der Waals surface area (Å²) in [7, 11) is 0. The zero-order valence-electron chi connectivity index (χ0n) is 11.6. The summed E-state index contributed by atoms with van der Waals surface area (Å²) >= 11 is 0. The fourth-order valence-corrected chi connectivity index (χ4v) is 2.85. The summed E-state index contributed by atoms with van der Waals surface area (Å²) < 4.78 is 26.3. The summed E-state index contributed by atoms with van der Waals surface area (Å²) in [4.78, 5) is 2.20. The van der Waals surface area contributed by atoms with Crippen LogP contribution < -0.4 is 4.90 Å². The minimum atomic E-state index is -0.858. The van der Waals surface area contributed by atoms with Crippen molar-refractivity contribution in [2.75, 3.05) is 18.0 Å². The number of aliphatic hydroxyl groups excluding tert-OH is 1. The summed E-state index contributed by atoms with van der Waals surface area (Å²) in [6.45, 7) is 1.58. The number of hydrogen-bond donors (Lipinski definition) is 1. The molecule has 1 heterocycles. The summed E-state index contributed by atoms with van der Waals surface area (Å²) in [5, 5.41) is 10.1. The van der Waals surface area contributed by atoms with Crippen molar-refractivity contribution in [2.24, 2.45) is 0 Å². The number of halogens is 2. The van der Waals surface area contributed by atoms with Gasteiger partial charge in [0.15, 0.2) is 0 Å². The first-order valence-corrected chi connectivity index (χ1v) is 7.10. The summed E-state index contributed by atoms with van der Waals surface area (Å²) in [6.07, 6.45) is 0.584. The van der Waals surface area contributed by atoms with Gasteiger partial charge in [0.2, 0.25) is 0 Å². The molecule has 0 spiro atoms. The standard InChI is InChI=1S/C17H17F2NO/c18-14-9-13(10-15(19)11-14)17(21)6-8-20-7-5-12-3-1-2-4-16(12)20/h1-4,9-11,17,21H,5-8H2. The highest BCUT2D eigenvalue weighted by molar-refractivity contribution is 5.57. The van der Waals surface area contributed by atoms with E-state index < -0.39 is 17.7 Å². The lowest BCUT2D eigenvalue weighted by Gasteiger charge is -2.21. The van der Waals surface area contributed by atoms with Gasteiger partial charge in [0, 0.05) is 24.8 Å². The van der Waals surface area contributed by atoms with E-state index in [1.807, 2.05) is 12.1 Å². The van der Waals surface area contributed by atoms with E-state index in [9.17, 15) is 13.9 Å². The normalized spacial score (nSPS) is 15.1. The molecule has 2 aromatic rings. The van der Waals surface area contributed by atoms with Gasteiger partial charge < -0.3 is 10.0 Å². The highest BCUT2D eigenvalue weighted by atomic mass is 19.1. The van der Waals surface area contributed by atoms with Crippen LogP contribution in [0.2, 0.25) is 0 Å². The van der Waals surface area contributed by atoms with Crippen molar-refractivity contribution < 1.29 is 13.9 Å². The van der Waals surface area contributed by atoms with E-state index in [1.54, 1.807) is 0 Å². The second-order valence-corrected chi connectivity index (χ2v) is 5.37. The molecular formula is C17H17F2NO. The third kappa shape index (κ3) is 3.05. The number of para-hydroxylation sites is 1. The number of nitrogens with zero attached hydrogens (tertiary/aromatic N) is 1. The van der Waals surface area contributed by atoms with E-state index in [4.69, 9.17) is 0 Å². The maximum atomic E-state index is 13.2. The Morgan fingerprint density at radius 3 is 2.57 bits per heavy atom. The monoisotopic (exact) mass is 289 g/mol. The van der Waals surface area contributed by atoms with Crippen LogP contribution in [-0.2, 0) is 6.42 Å². The van der Waals surface area contributed by atoms with Gasteiger partial charge in [0.25, 0.3) is 0 Å². The second-order valence-electron chi connectivity index (χ2n) is 5.37. The van der Waals surface area contributed by atoms with E-state index in [1.165, 1.54) is 23.4 Å². The molecule has 1 atom stereocenters. The smallest absolute Gasteiger partial charge is 0.126 e. The Hall–Kier alpha value is -1.94. The molecule has 0 saturated carbocycles. The summed E-state index contributed by atoms with van der Waals surface area (Å²) in [5.41, 5.74) is 2.79. The summed E-state index contributed by atoms with van der Waals surface area (Å²) in [6, 6.07) is 11.4. The van der Waals surface area contributed by atoms with E-state index in [0.717, 1.165) is 19.0 Å². The molecule has 1 aliphatic heterocycles. The van der Waals surface area contributed by atoms with Gasteiger partial charge in [-0.15, -0.1) is 0 Å². The molecule has 0 radical (unpaired) electrons. The Balaban J connectivity index is 1.65. The maximum Gasteiger partial charge on any atom is 0.126 e. The minimum absolute atomic E-state index is 0.292. The Bertz CT molecular complexity index is 624. The average Bonchev–Trinajstić information content (AvgIpc) is 2.87. The number of hydrogen-bond acceptors (Lipinski definition) is 2. The van der Waals surface area contributed by atoms with Gasteiger partial charge in [0.05, 0.1) is 6.10 Å². The Kier molecular flexibility index (Phi) is 3.88. The predicted molar refractivity (Wildman–Crippen MR) is 78.3 cm³/mol. The quantitative estimate of drug-likeness (QED) is 0.932. The van der Waals surface area contributed by atoms with Gasteiger partial charge >= 0.3 is 0 Å². The van der Waals surface area contributed by atoms with Crippen molar-refractivity contribution in [3.8, 4) is 0 Å². The van der Waals surface area contributed by atoms with Crippen LogP contribution in [0.1, 0.15) is 23.7 Å². The van der Waals surface area contributed by atoms with Crippen molar-refractivity contribution in [1.29, 1.82) is 0 Å². The van der Waals surface area contributed by atoms with Gasteiger partial charge in [-0.1, -0.05) is 18.2 Å². The van der Waals surface area contributed by atoms with Crippen LogP contribution in [0.15, 0.2) is 42.5 Å². The number of benzene rings is 2. The Labute approximate surface area is 122 Å². The van der Waals surface area contributed by atoms with Crippen LogP contribution in [-0.4, -0.2) is 18.2 Å². The van der Waals surface area contributed by atoms with Crippen molar-refractivity contribution >= 4 is 5.69 Å². The molecule has 0 amide bonds. The molecule has 21 heavy (non-hydrogen) atoms. The first kappa shape index (κ1) is 14.0. The molecule has 4 heteroatoms. The van der Waals surface area contributed by atoms with Crippen LogP contribution in [0.3, 0.4) is 0 Å². The molecule has 1 unspecified atom stereocenters. The Morgan fingerprint density at radius 2 is 1.81 bits per heavy atom. The first-order valence-electron chi connectivity index (χ1n) is 7.10. The van der Waals surface area contributed by atoms with Crippen LogP contribution in [0.4, 0.5) is 14.5 Å². The maximum absolute atomic E-state index is 13.2. The molecule has 110 valence electrons. The highest BCUT2D eigenvalue weighted by Crippen LogP contribution is 2.28. The van der Waals surface area contributed by atoms with Gasteiger partial charge in [-0.2, -0.15) is 0 Å². The topological polar surface area (TPSA) is 23.5 Å². The molecular weight excluding hydrogens is 272 g/mol. The van der Waals surface area contributed by atoms with Crippen molar-refractivity contribution in [1.82, 2.24) is 0 Å². The van der Waals surface area contributed by atoms with Gasteiger partial charge in [-0.05, 0) is 42.2 Å². The lowest BCUT2D eigenvalue weighted by atomic mass is 10.1. The molecule has 3 rings (SSSR count). The molecule has 0 aliphatic carbocycles. The lowest BCUT2D eigenvalue weighted by molar-refractivity contribution is 0.168. The molecule has 1 N–H and O–H groups in total. The molecule has 2 aromatic carbocycles. The molecule has 2 nitrogen and oxygen atoms in total. The first-order chi connectivity index (χ1) is 10.1. The minimum Gasteiger partial charge on any atom is -0.388 e. The molecule has 0 saturated heterocycles. The van der Waals surface area contributed by atoms with Crippen molar-refractivity contribution in [3.63, 3.8) is 0 Å². The predicted octanol–water partition coefficient (Wildman–Crippen LogP) is 3.45. The fourth-order valence-electron chi connectivity index (χ4n) is 2.85. The molecule has 1 aliphatic rings. The van der Waals surface area contributed by atoms with E-state index in [2.05, 4.69) is 17.0 Å². The van der Waals surface area contributed by atoms with Crippen LogP contribution in [0.5, 0.6) is 0 Å². The summed E-state index contributed by atoms with van der Waals surface area (Å²) in [5.74, 6) is -1.31.